The van der Waals surface area contributed by atoms with Crippen LogP contribution in [-0.2, 0) is 6.42 Å². The van der Waals surface area contributed by atoms with Gasteiger partial charge in [-0.3, -0.25) is 0 Å². The van der Waals surface area contributed by atoms with Crippen molar-refractivity contribution in [3.8, 4) is 0 Å². The topological polar surface area (TPSA) is 12.0 Å². The van der Waals surface area contributed by atoms with E-state index in [4.69, 9.17) is 0 Å². The lowest BCUT2D eigenvalue weighted by molar-refractivity contribution is 0.403. The minimum absolute atomic E-state index is 0.672. The van der Waals surface area contributed by atoms with Crippen molar-refractivity contribution in [3.05, 3.63) is 20.8 Å². The Hall–Kier alpha value is 0.140. The molecule has 0 aliphatic heterocycles. The Morgan fingerprint density at radius 1 is 1.42 bits per heavy atom. The fourth-order valence-electron chi connectivity index (χ4n) is 3.06. The highest BCUT2D eigenvalue weighted by Crippen LogP contribution is 2.29. The second-order valence-corrected chi connectivity index (χ2v) is 7.73. The predicted molar refractivity (Wildman–Crippen MR) is 89.0 cm³/mol. The molecule has 0 radical (unpaired) electrons. The summed E-state index contributed by atoms with van der Waals surface area (Å²) in [6.07, 6.45) is 11.1. The summed E-state index contributed by atoms with van der Waals surface area (Å²) in [5, 5.41) is 5.94. The Labute approximate surface area is 130 Å². The van der Waals surface area contributed by atoms with Crippen LogP contribution in [0.4, 0.5) is 0 Å². The Balaban J connectivity index is 1.79. The summed E-state index contributed by atoms with van der Waals surface area (Å²) in [5.41, 5.74) is 0. The second kappa shape index (κ2) is 8.43. The van der Waals surface area contributed by atoms with Gasteiger partial charge in [0.15, 0.2) is 0 Å². The number of hydrogen-bond donors (Lipinski definition) is 1. The average molecular weight is 344 g/mol. The molecule has 1 fully saturated rings. The van der Waals surface area contributed by atoms with Gasteiger partial charge in [-0.05, 0) is 60.1 Å². The maximum absolute atomic E-state index is 3.74. The molecule has 0 amide bonds. The quantitative estimate of drug-likeness (QED) is 0.666. The molecule has 0 saturated heterocycles. The lowest BCUT2D eigenvalue weighted by atomic mass is 9.96. The molecular formula is C16H26BrNS. The molecule has 19 heavy (non-hydrogen) atoms. The van der Waals surface area contributed by atoms with E-state index in [2.05, 4.69) is 39.6 Å². The third-order valence-electron chi connectivity index (χ3n) is 4.15. The van der Waals surface area contributed by atoms with Gasteiger partial charge in [0.2, 0.25) is 0 Å². The van der Waals surface area contributed by atoms with Gasteiger partial charge in [-0.15, -0.1) is 11.3 Å². The van der Waals surface area contributed by atoms with E-state index in [1.807, 2.05) is 11.3 Å². The molecule has 1 aliphatic rings. The van der Waals surface area contributed by atoms with Crippen LogP contribution in [0.25, 0.3) is 0 Å². The van der Waals surface area contributed by atoms with Crippen LogP contribution in [0.5, 0.6) is 0 Å². The predicted octanol–water partition coefficient (Wildman–Crippen LogP) is 5.39. The first-order valence-corrected chi connectivity index (χ1v) is 9.41. The molecule has 1 aliphatic carbocycles. The zero-order chi connectivity index (χ0) is 13.5. The Morgan fingerprint density at radius 3 is 2.84 bits per heavy atom. The number of rotatable bonds is 8. The molecule has 1 aromatic heterocycles. The number of nitrogens with one attached hydrogen (secondary N) is 1. The maximum Gasteiger partial charge on any atom is 0.0285 e. The van der Waals surface area contributed by atoms with Crippen molar-refractivity contribution in [1.29, 1.82) is 0 Å². The average Bonchev–Trinajstić information content (AvgIpc) is 3.04. The van der Waals surface area contributed by atoms with Gasteiger partial charge in [0.25, 0.3) is 0 Å². The molecular weight excluding hydrogens is 318 g/mol. The molecule has 1 saturated carbocycles. The maximum atomic E-state index is 3.74. The highest BCUT2D eigenvalue weighted by Gasteiger charge is 2.17. The molecule has 1 atom stereocenters. The van der Waals surface area contributed by atoms with Crippen LogP contribution in [0, 0.1) is 5.92 Å². The van der Waals surface area contributed by atoms with Gasteiger partial charge in [-0.1, -0.05) is 32.6 Å². The SMILES string of the molecule is CCCNC(CCC1CCCC1)Cc1cc(Br)cs1. The molecule has 3 heteroatoms. The lowest BCUT2D eigenvalue weighted by Crippen LogP contribution is -2.32. The summed E-state index contributed by atoms with van der Waals surface area (Å²) in [5.74, 6) is 1.01. The van der Waals surface area contributed by atoms with E-state index >= 15 is 0 Å². The van der Waals surface area contributed by atoms with Crippen molar-refractivity contribution < 1.29 is 0 Å². The first-order chi connectivity index (χ1) is 9.28. The largest absolute Gasteiger partial charge is 0.314 e. The minimum atomic E-state index is 0.672. The Kier molecular flexibility index (Phi) is 6.89. The van der Waals surface area contributed by atoms with Crippen molar-refractivity contribution >= 4 is 27.3 Å². The summed E-state index contributed by atoms with van der Waals surface area (Å²) >= 11 is 5.44. The fraction of sp³-hybridized carbons (Fsp3) is 0.750. The molecule has 1 nitrogen and oxygen atoms in total. The molecule has 2 rings (SSSR count). The van der Waals surface area contributed by atoms with Gasteiger partial charge in [0.1, 0.15) is 0 Å². The van der Waals surface area contributed by atoms with Crippen molar-refractivity contribution in [3.63, 3.8) is 0 Å². The smallest absolute Gasteiger partial charge is 0.0285 e. The van der Waals surface area contributed by atoms with Crippen molar-refractivity contribution in [2.45, 2.75) is 64.3 Å². The van der Waals surface area contributed by atoms with E-state index in [-0.39, 0.29) is 0 Å². The minimum Gasteiger partial charge on any atom is -0.314 e. The third-order valence-corrected chi connectivity index (χ3v) is 5.87. The normalized spacial score (nSPS) is 18.0. The summed E-state index contributed by atoms with van der Waals surface area (Å²) in [6, 6.07) is 2.95. The molecule has 0 aromatic carbocycles. The summed E-state index contributed by atoms with van der Waals surface area (Å²) in [6.45, 7) is 3.41. The van der Waals surface area contributed by atoms with Crippen LogP contribution in [-0.4, -0.2) is 12.6 Å². The molecule has 0 spiro atoms. The molecule has 1 aromatic rings. The molecule has 1 N–H and O–H groups in total. The van der Waals surface area contributed by atoms with Crippen LogP contribution in [0.2, 0.25) is 0 Å². The first kappa shape index (κ1) is 15.5. The standard InChI is InChI=1S/C16H26BrNS/c1-2-9-18-15(8-7-13-5-3-4-6-13)11-16-10-14(17)12-19-16/h10,12-13,15,18H,2-9,11H2,1H3. The van der Waals surface area contributed by atoms with Crippen molar-refractivity contribution in [1.82, 2.24) is 5.32 Å². The van der Waals surface area contributed by atoms with Crippen LogP contribution < -0.4 is 5.32 Å². The van der Waals surface area contributed by atoms with E-state index < -0.39 is 0 Å². The van der Waals surface area contributed by atoms with E-state index in [0.29, 0.717) is 6.04 Å². The Morgan fingerprint density at radius 2 is 2.21 bits per heavy atom. The molecule has 0 bridgehead atoms. The van der Waals surface area contributed by atoms with Gasteiger partial charge in [-0.25, -0.2) is 0 Å². The molecule has 108 valence electrons. The van der Waals surface area contributed by atoms with Crippen LogP contribution in [0.1, 0.15) is 56.7 Å². The first-order valence-electron chi connectivity index (χ1n) is 7.74. The zero-order valence-electron chi connectivity index (χ0n) is 12.0. The summed E-state index contributed by atoms with van der Waals surface area (Å²) < 4.78 is 1.23. The monoisotopic (exact) mass is 343 g/mol. The van der Waals surface area contributed by atoms with Gasteiger partial charge in [0.05, 0.1) is 0 Å². The van der Waals surface area contributed by atoms with Gasteiger partial charge in [-0.2, -0.15) is 0 Å². The molecule has 1 heterocycles. The summed E-state index contributed by atoms with van der Waals surface area (Å²) in [7, 11) is 0. The number of thiophene rings is 1. The highest BCUT2D eigenvalue weighted by molar-refractivity contribution is 9.10. The number of halogens is 1. The molecule has 1 unspecified atom stereocenters. The van der Waals surface area contributed by atoms with Crippen LogP contribution >= 0.6 is 27.3 Å². The van der Waals surface area contributed by atoms with Crippen molar-refractivity contribution in [2.24, 2.45) is 5.92 Å². The van der Waals surface area contributed by atoms with E-state index in [9.17, 15) is 0 Å². The van der Waals surface area contributed by atoms with Gasteiger partial charge in [0, 0.05) is 20.8 Å². The van der Waals surface area contributed by atoms with E-state index in [0.717, 1.165) is 12.5 Å². The Bertz CT molecular complexity index is 357. The van der Waals surface area contributed by atoms with Crippen LogP contribution in [0.15, 0.2) is 15.9 Å². The lowest BCUT2D eigenvalue weighted by Gasteiger charge is -2.19. The van der Waals surface area contributed by atoms with Gasteiger partial charge >= 0.3 is 0 Å². The van der Waals surface area contributed by atoms with E-state index in [1.54, 1.807) is 0 Å². The zero-order valence-corrected chi connectivity index (χ0v) is 14.4. The highest BCUT2D eigenvalue weighted by atomic mass is 79.9. The fourth-order valence-corrected chi connectivity index (χ4v) is 4.60. The van der Waals surface area contributed by atoms with Crippen LogP contribution in [0.3, 0.4) is 0 Å². The van der Waals surface area contributed by atoms with E-state index in [1.165, 1.54) is 60.7 Å². The van der Waals surface area contributed by atoms with Gasteiger partial charge < -0.3 is 5.32 Å². The van der Waals surface area contributed by atoms with Crippen molar-refractivity contribution in [2.75, 3.05) is 6.54 Å². The summed E-state index contributed by atoms with van der Waals surface area (Å²) in [4.78, 5) is 1.51. The second-order valence-electron chi connectivity index (χ2n) is 5.81. The third kappa shape index (κ3) is 5.57. The number of hydrogen-bond acceptors (Lipinski definition) is 2.